The lowest BCUT2D eigenvalue weighted by Crippen LogP contribution is -2.18. The fourth-order valence-electron chi connectivity index (χ4n) is 1.38. The first kappa shape index (κ1) is 7.32. The zero-order valence-electron chi connectivity index (χ0n) is 5.97. The van der Waals surface area contributed by atoms with Gasteiger partial charge in [-0.3, -0.25) is 4.79 Å². The summed E-state index contributed by atoms with van der Waals surface area (Å²) in [6.07, 6.45) is 3.84. The van der Waals surface area contributed by atoms with Crippen molar-refractivity contribution in [1.82, 2.24) is 0 Å². The number of aliphatic carboxylic acids is 1. The summed E-state index contributed by atoms with van der Waals surface area (Å²) in [4.78, 5) is 10.5. The molecule has 0 radical (unpaired) electrons. The summed E-state index contributed by atoms with van der Waals surface area (Å²) in [7, 11) is 0. The van der Waals surface area contributed by atoms with Crippen LogP contribution in [0.2, 0.25) is 0 Å². The van der Waals surface area contributed by atoms with Crippen molar-refractivity contribution in [1.29, 1.82) is 0 Å². The molecule has 0 spiro atoms. The highest BCUT2D eigenvalue weighted by Crippen LogP contribution is 2.27. The van der Waals surface area contributed by atoms with Crippen LogP contribution in [0.15, 0.2) is 12.2 Å². The van der Waals surface area contributed by atoms with E-state index in [1.807, 2.05) is 0 Å². The van der Waals surface area contributed by atoms with E-state index in [2.05, 4.69) is 6.58 Å². The highest BCUT2D eigenvalue weighted by Gasteiger charge is 2.23. The first-order valence-corrected chi connectivity index (χ1v) is 3.62. The molecule has 1 saturated carbocycles. The smallest absolute Gasteiger partial charge is 0.310 e. The Morgan fingerprint density at radius 3 is 2.70 bits per heavy atom. The SMILES string of the molecule is C=C1CCCCC1C(=O)O. The molecule has 1 fully saturated rings. The van der Waals surface area contributed by atoms with E-state index in [1.54, 1.807) is 0 Å². The molecular formula is C8H12O2. The van der Waals surface area contributed by atoms with Gasteiger partial charge < -0.3 is 5.11 Å². The van der Waals surface area contributed by atoms with E-state index in [0.29, 0.717) is 0 Å². The molecule has 1 aliphatic carbocycles. The lowest BCUT2D eigenvalue weighted by Gasteiger charge is -2.19. The van der Waals surface area contributed by atoms with Crippen LogP contribution in [0, 0.1) is 5.92 Å². The molecule has 1 atom stereocenters. The van der Waals surface area contributed by atoms with Gasteiger partial charge in [-0.25, -0.2) is 0 Å². The first-order chi connectivity index (χ1) is 4.72. The fraction of sp³-hybridized carbons (Fsp3) is 0.625. The average Bonchev–Trinajstić information content (AvgIpc) is 1.88. The number of carboxylic acid groups (broad SMARTS) is 1. The Balaban J connectivity index is 2.56. The van der Waals surface area contributed by atoms with Crippen LogP contribution in [0.1, 0.15) is 25.7 Å². The number of hydrogen-bond acceptors (Lipinski definition) is 1. The van der Waals surface area contributed by atoms with Gasteiger partial charge in [-0.05, 0) is 19.3 Å². The maximum Gasteiger partial charge on any atom is 0.310 e. The van der Waals surface area contributed by atoms with Crippen molar-refractivity contribution in [2.75, 3.05) is 0 Å². The summed E-state index contributed by atoms with van der Waals surface area (Å²) in [6, 6.07) is 0. The minimum absolute atomic E-state index is 0.256. The molecule has 1 N–H and O–H groups in total. The number of carboxylic acids is 1. The second-order valence-electron chi connectivity index (χ2n) is 2.79. The van der Waals surface area contributed by atoms with Gasteiger partial charge in [0.05, 0.1) is 5.92 Å². The quantitative estimate of drug-likeness (QED) is 0.564. The van der Waals surface area contributed by atoms with E-state index < -0.39 is 5.97 Å². The molecule has 56 valence electrons. The maximum absolute atomic E-state index is 10.5. The van der Waals surface area contributed by atoms with Crippen molar-refractivity contribution in [2.24, 2.45) is 5.92 Å². The lowest BCUT2D eigenvalue weighted by atomic mass is 9.85. The van der Waals surface area contributed by atoms with Gasteiger partial charge in [-0.15, -0.1) is 0 Å². The molecular weight excluding hydrogens is 128 g/mol. The second kappa shape index (κ2) is 2.86. The van der Waals surface area contributed by atoms with Crippen molar-refractivity contribution in [2.45, 2.75) is 25.7 Å². The summed E-state index contributed by atoms with van der Waals surface area (Å²) >= 11 is 0. The largest absolute Gasteiger partial charge is 0.481 e. The van der Waals surface area contributed by atoms with Crippen LogP contribution >= 0.6 is 0 Å². The minimum Gasteiger partial charge on any atom is -0.481 e. The third-order valence-corrected chi connectivity index (χ3v) is 2.03. The van der Waals surface area contributed by atoms with Gasteiger partial charge in [0.1, 0.15) is 0 Å². The van der Waals surface area contributed by atoms with Gasteiger partial charge in [-0.1, -0.05) is 18.6 Å². The molecule has 2 nitrogen and oxygen atoms in total. The predicted molar refractivity (Wildman–Crippen MR) is 38.7 cm³/mol. The standard InChI is InChI=1S/C8H12O2/c1-6-4-2-3-5-7(6)8(9)10/h7H,1-5H2,(H,9,10). The molecule has 0 amide bonds. The number of hydrogen-bond donors (Lipinski definition) is 1. The minimum atomic E-state index is -0.704. The van der Waals surface area contributed by atoms with Gasteiger partial charge in [0.15, 0.2) is 0 Å². The van der Waals surface area contributed by atoms with E-state index in [0.717, 1.165) is 31.3 Å². The van der Waals surface area contributed by atoms with Gasteiger partial charge >= 0.3 is 5.97 Å². The summed E-state index contributed by atoms with van der Waals surface area (Å²) in [5.41, 5.74) is 0.902. The first-order valence-electron chi connectivity index (χ1n) is 3.62. The van der Waals surface area contributed by atoms with Gasteiger partial charge in [0.2, 0.25) is 0 Å². The van der Waals surface area contributed by atoms with E-state index in [9.17, 15) is 4.79 Å². The highest BCUT2D eigenvalue weighted by atomic mass is 16.4. The second-order valence-corrected chi connectivity index (χ2v) is 2.79. The van der Waals surface area contributed by atoms with Crippen molar-refractivity contribution >= 4 is 5.97 Å². The van der Waals surface area contributed by atoms with Crippen LogP contribution in [0.5, 0.6) is 0 Å². The molecule has 2 heteroatoms. The monoisotopic (exact) mass is 140 g/mol. The zero-order valence-corrected chi connectivity index (χ0v) is 5.97. The van der Waals surface area contributed by atoms with Gasteiger partial charge in [0, 0.05) is 0 Å². The molecule has 1 unspecified atom stereocenters. The molecule has 0 saturated heterocycles. The molecule has 1 rings (SSSR count). The molecule has 0 aromatic rings. The van der Waals surface area contributed by atoms with Crippen LogP contribution < -0.4 is 0 Å². The maximum atomic E-state index is 10.5. The van der Waals surface area contributed by atoms with Crippen LogP contribution in [0.25, 0.3) is 0 Å². The van der Waals surface area contributed by atoms with Crippen molar-refractivity contribution in [3.05, 3.63) is 12.2 Å². The fourth-order valence-corrected chi connectivity index (χ4v) is 1.38. The number of carbonyl (C=O) groups is 1. The Bertz CT molecular complexity index is 161. The van der Waals surface area contributed by atoms with Gasteiger partial charge in [-0.2, -0.15) is 0 Å². The lowest BCUT2D eigenvalue weighted by molar-refractivity contribution is -0.140. The molecule has 0 aromatic carbocycles. The zero-order chi connectivity index (χ0) is 7.56. The third kappa shape index (κ3) is 1.38. The molecule has 0 aromatic heterocycles. The summed E-state index contributed by atoms with van der Waals surface area (Å²) in [6.45, 7) is 3.74. The summed E-state index contributed by atoms with van der Waals surface area (Å²) < 4.78 is 0. The average molecular weight is 140 g/mol. The molecule has 0 bridgehead atoms. The van der Waals surface area contributed by atoms with Crippen LogP contribution in [-0.4, -0.2) is 11.1 Å². The molecule has 0 heterocycles. The normalized spacial score (nSPS) is 26.4. The van der Waals surface area contributed by atoms with E-state index in [1.165, 1.54) is 0 Å². The Morgan fingerprint density at radius 1 is 1.60 bits per heavy atom. The van der Waals surface area contributed by atoms with Crippen molar-refractivity contribution in [3.63, 3.8) is 0 Å². The Morgan fingerprint density at radius 2 is 2.30 bits per heavy atom. The predicted octanol–water partition coefficient (Wildman–Crippen LogP) is 1.82. The molecule has 0 aliphatic heterocycles. The van der Waals surface area contributed by atoms with Crippen LogP contribution in [0.3, 0.4) is 0 Å². The topological polar surface area (TPSA) is 37.3 Å². The third-order valence-electron chi connectivity index (χ3n) is 2.03. The van der Waals surface area contributed by atoms with Crippen LogP contribution in [-0.2, 0) is 4.79 Å². The van der Waals surface area contributed by atoms with Gasteiger partial charge in [0.25, 0.3) is 0 Å². The Labute approximate surface area is 60.6 Å². The highest BCUT2D eigenvalue weighted by molar-refractivity contribution is 5.73. The molecule has 10 heavy (non-hydrogen) atoms. The summed E-state index contributed by atoms with van der Waals surface area (Å²) in [5.74, 6) is -0.960. The molecule has 1 aliphatic rings. The van der Waals surface area contributed by atoms with Crippen LogP contribution in [0.4, 0.5) is 0 Å². The Kier molecular flexibility index (Phi) is 2.10. The summed E-state index contributed by atoms with van der Waals surface area (Å²) in [5, 5.41) is 8.65. The van der Waals surface area contributed by atoms with Crippen molar-refractivity contribution < 1.29 is 9.90 Å². The van der Waals surface area contributed by atoms with E-state index in [4.69, 9.17) is 5.11 Å². The van der Waals surface area contributed by atoms with Crippen molar-refractivity contribution in [3.8, 4) is 0 Å². The number of rotatable bonds is 1. The van der Waals surface area contributed by atoms with E-state index in [-0.39, 0.29) is 5.92 Å². The van der Waals surface area contributed by atoms with E-state index >= 15 is 0 Å². The Hall–Kier alpha value is -0.790.